The van der Waals surface area contributed by atoms with Crippen LogP contribution >= 0.6 is 0 Å². The van der Waals surface area contributed by atoms with Crippen LogP contribution in [-0.2, 0) is 0 Å². The molecule has 0 aromatic carbocycles. The van der Waals surface area contributed by atoms with Gasteiger partial charge in [-0.2, -0.15) is 13.2 Å². The lowest BCUT2D eigenvalue weighted by Gasteiger charge is -2.37. The number of nitrogens with two attached hydrogens (primary N) is 1. The summed E-state index contributed by atoms with van der Waals surface area (Å²) in [6, 6.07) is -0.297. The Morgan fingerprint density at radius 1 is 1.18 bits per heavy atom. The Labute approximate surface area is 102 Å². The van der Waals surface area contributed by atoms with E-state index in [9.17, 15) is 13.2 Å². The second-order valence-electron chi connectivity index (χ2n) is 5.93. The lowest BCUT2D eigenvalue weighted by atomic mass is 9.71. The van der Waals surface area contributed by atoms with Gasteiger partial charge in [0.15, 0.2) is 0 Å². The van der Waals surface area contributed by atoms with Crippen LogP contribution in [0, 0.1) is 11.3 Å². The van der Waals surface area contributed by atoms with E-state index in [-0.39, 0.29) is 17.9 Å². The van der Waals surface area contributed by atoms with E-state index in [1.165, 1.54) is 0 Å². The predicted octanol–water partition coefficient (Wildman–Crippen LogP) is 4.26. The van der Waals surface area contributed by atoms with Gasteiger partial charge in [0.1, 0.15) is 0 Å². The maximum absolute atomic E-state index is 12.2. The zero-order valence-electron chi connectivity index (χ0n) is 10.8. The van der Waals surface area contributed by atoms with Crippen molar-refractivity contribution in [1.82, 2.24) is 0 Å². The summed E-state index contributed by atoms with van der Waals surface area (Å²) < 4.78 is 36.7. The highest BCUT2D eigenvalue weighted by Crippen LogP contribution is 2.46. The second kappa shape index (κ2) is 5.59. The third-order valence-electron chi connectivity index (χ3n) is 3.94. The van der Waals surface area contributed by atoms with Crippen molar-refractivity contribution >= 4 is 0 Å². The number of hydrogen-bond acceptors (Lipinski definition) is 1. The standard InChI is InChI=1S/C13H24F3N/c1-10(2)9-12(6-3-4-7-12)11(17)5-8-13(14,15)16/h10-11H,3-9,17H2,1-2H3. The molecule has 0 radical (unpaired) electrons. The molecule has 4 heteroatoms. The van der Waals surface area contributed by atoms with Crippen molar-refractivity contribution in [2.24, 2.45) is 17.1 Å². The molecule has 0 aromatic heterocycles. The second-order valence-corrected chi connectivity index (χ2v) is 5.93. The van der Waals surface area contributed by atoms with Gasteiger partial charge in [0.2, 0.25) is 0 Å². The molecule has 102 valence electrons. The van der Waals surface area contributed by atoms with E-state index in [1.807, 2.05) is 0 Å². The Kier molecular flexibility index (Phi) is 4.87. The van der Waals surface area contributed by atoms with Crippen molar-refractivity contribution in [1.29, 1.82) is 0 Å². The highest BCUT2D eigenvalue weighted by molar-refractivity contribution is 4.93. The molecule has 1 aliphatic rings. The van der Waals surface area contributed by atoms with Crippen molar-refractivity contribution in [2.75, 3.05) is 0 Å². The topological polar surface area (TPSA) is 26.0 Å². The zero-order chi connectivity index (χ0) is 13.1. The average molecular weight is 251 g/mol. The number of alkyl halides is 3. The zero-order valence-corrected chi connectivity index (χ0v) is 10.8. The molecule has 1 rings (SSSR count). The van der Waals surface area contributed by atoms with Crippen molar-refractivity contribution in [2.45, 2.75) is 71.0 Å². The van der Waals surface area contributed by atoms with Gasteiger partial charge in [-0.3, -0.25) is 0 Å². The van der Waals surface area contributed by atoms with Crippen LogP contribution in [0.3, 0.4) is 0 Å². The van der Waals surface area contributed by atoms with Crippen molar-refractivity contribution < 1.29 is 13.2 Å². The Morgan fingerprint density at radius 2 is 1.71 bits per heavy atom. The van der Waals surface area contributed by atoms with Gasteiger partial charge in [0.25, 0.3) is 0 Å². The summed E-state index contributed by atoms with van der Waals surface area (Å²) in [5.41, 5.74) is 6.04. The first-order valence-electron chi connectivity index (χ1n) is 6.57. The van der Waals surface area contributed by atoms with Crippen LogP contribution < -0.4 is 5.73 Å². The molecule has 0 saturated heterocycles. The summed E-state index contributed by atoms with van der Waals surface area (Å²) in [5, 5.41) is 0. The van der Waals surface area contributed by atoms with Gasteiger partial charge in [0, 0.05) is 12.5 Å². The smallest absolute Gasteiger partial charge is 0.327 e. The van der Waals surface area contributed by atoms with Gasteiger partial charge in [0.05, 0.1) is 0 Å². The fourth-order valence-corrected chi connectivity index (χ4v) is 3.24. The normalized spacial score (nSPS) is 22.1. The molecule has 0 aromatic rings. The molecule has 0 heterocycles. The summed E-state index contributed by atoms with van der Waals surface area (Å²) in [6.45, 7) is 4.24. The minimum atomic E-state index is -4.07. The Bertz CT molecular complexity index is 229. The molecule has 1 fully saturated rings. The lowest BCUT2D eigenvalue weighted by molar-refractivity contribution is -0.137. The number of halogens is 3. The maximum atomic E-state index is 12.2. The fourth-order valence-electron chi connectivity index (χ4n) is 3.24. The van der Waals surface area contributed by atoms with Gasteiger partial charge in [-0.25, -0.2) is 0 Å². The molecule has 1 atom stereocenters. The summed E-state index contributed by atoms with van der Waals surface area (Å²) in [7, 11) is 0. The molecule has 1 nitrogen and oxygen atoms in total. The first-order valence-corrected chi connectivity index (χ1v) is 6.57. The minimum absolute atomic E-state index is 0.0284. The van der Waals surface area contributed by atoms with Gasteiger partial charge < -0.3 is 5.73 Å². The van der Waals surface area contributed by atoms with E-state index < -0.39 is 12.6 Å². The summed E-state index contributed by atoms with van der Waals surface area (Å²) in [5.74, 6) is 0.505. The predicted molar refractivity (Wildman–Crippen MR) is 63.6 cm³/mol. The molecule has 0 spiro atoms. The molecular weight excluding hydrogens is 227 g/mol. The Hall–Kier alpha value is -0.250. The van der Waals surface area contributed by atoms with Gasteiger partial charge >= 0.3 is 6.18 Å². The molecule has 17 heavy (non-hydrogen) atoms. The largest absolute Gasteiger partial charge is 0.389 e. The molecular formula is C13H24F3N. The molecule has 1 aliphatic carbocycles. The van der Waals surface area contributed by atoms with Crippen LogP contribution in [-0.4, -0.2) is 12.2 Å². The van der Waals surface area contributed by atoms with Crippen LogP contribution in [0.4, 0.5) is 13.2 Å². The van der Waals surface area contributed by atoms with Crippen LogP contribution in [0.2, 0.25) is 0 Å². The van der Waals surface area contributed by atoms with Crippen LogP contribution in [0.5, 0.6) is 0 Å². The summed E-state index contributed by atoms with van der Waals surface area (Å²) in [6.07, 6.45) is 0.471. The molecule has 0 bridgehead atoms. The molecule has 1 unspecified atom stereocenters. The molecule has 2 N–H and O–H groups in total. The van der Waals surface area contributed by atoms with Crippen molar-refractivity contribution in [3.05, 3.63) is 0 Å². The third kappa shape index (κ3) is 4.49. The summed E-state index contributed by atoms with van der Waals surface area (Å²) in [4.78, 5) is 0. The average Bonchev–Trinajstić information content (AvgIpc) is 2.61. The van der Waals surface area contributed by atoms with Gasteiger partial charge in [-0.1, -0.05) is 26.7 Å². The third-order valence-corrected chi connectivity index (χ3v) is 3.94. The van der Waals surface area contributed by atoms with Gasteiger partial charge in [-0.05, 0) is 37.0 Å². The van der Waals surface area contributed by atoms with Crippen LogP contribution in [0.1, 0.15) is 58.8 Å². The Balaban J connectivity index is 2.58. The van der Waals surface area contributed by atoms with E-state index in [2.05, 4.69) is 13.8 Å². The van der Waals surface area contributed by atoms with Gasteiger partial charge in [-0.15, -0.1) is 0 Å². The lowest BCUT2D eigenvalue weighted by Crippen LogP contribution is -2.41. The number of hydrogen-bond donors (Lipinski definition) is 1. The van der Waals surface area contributed by atoms with E-state index >= 15 is 0 Å². The van der Waals surface area contributed by atoms with Crippen LogP contribution in [0.25, 0.3) is 0 Å². The monoisotopic (exact) mass is 251 g/mol. The maximum Gasteiger partial charge on any atom is 0.389 e. The molecule has 0 aliphatic heterocycles. The van der Waals surface area contributed by atoms with E-state index in [0.717, 1.165) is 32.1 Å². The Morgan fingerprint density at radius 3 is 2.12 bits per heavy atom. The van der Waals surface area contributed by atoms with Crippen molar-refractivity contribution in [3.63, 3.8) is 0 Å². The molecule has 1 saturated carbocycles. The van der Waals surface area contributed by atoms with E-state index in [4.69, 9.17) is 5.73 Å². The van der Waals surface area contributed by atoms with E-state index in [1.54, 1.807) is 0 Å². The SMILES string of the molecule is CC(C)CC1(C(N)CCC(F)(F)F)CCCC1. The quantitative estimate of drug-likeness (QED) is 0.776. The minimum Gasteiger partial charge on any atom is -0.327 e. The highest BCUT2D eigenvalue weighted by Gasteiger charge is 2.41. The first-order chi connectivity index (χ1) is 7.75. The van der Waals surface area contributed by atoms with E-state index in [0.29, 0.717) is 5.92 Å². The highest BCUT2D eigenvalue weighted by atomic mass is 19.4. The van der Waals surface area contributed by atoms with Crippen molar-refractivity contribution in [3.8, 4) is 0 Å². The first kappa shape index (κ1) is 14.8. The number of rotatable bonds is 5. The summed E-state index contributed by atoms with van der Waals surface area (Å²) >= 11 is 0. The molecule has 0 amide bonds. The van der Waals surface area contributed by atoms with Crippen LogP contribution in [0.15, 0.2) is 0 Å². The fraction of sp³-hybridized carbons (Fsp3) is 1.00.